The highest BCUT2D eigenvalue weighted by Crippen LogP contribution is 2.27. The summed E-state index contributed by atoms with van der Waals surface area (Å²) in [6.45, 7) is 0. The first kappa shape index (κ1) is 15.2. The molecule has 0 radical (unpaired) electrons. The van der Waals surface area contributed by atoms with Gasteiger partial charge in [-0.15, -0.1) is 5.10 Å². The summed E-state index contributed by atoms with van der Waals surface area (Å²) >= 11 is 5.94. The van der Waals surface area contributed by atoms with Crippen LogP contribution >= 0.6 is 11.6 Å². The van der Waals surface area contributed by atoms with Gasteiger partial charge < -0.3 is 4.90 Å². The van der Waals surface area contributed by atoms with E-state index in [-0.39, 0.29) is 5.78 Å². The van der Waals surface area contributed by atoms with E-state index in [0.29, 0.717) is 21.8 Å². The van der Waals surface area contributed by atoms with Crippen molar-refractivity contribution in [1.82, 2.24) is 19.7 Å². The molecule has 0 bridgehead atoms. The number of carbonyl (C=O) groups is 1. The molecule has 0 unspecified atom stereocenters. The van der Waals surface area contributed by atoms with Crippen LogP contribution < -0.4 is 0 Å². The minimum absolute atomic E-state index is 0.119. The highest BCUT2D eigenvalue weighted by Gasteiger charge is 2.19. The standard InChI is InChI=1S/C17H15ClN4O/c1-21(2)11-9-15(23)16-14-4-3-10-19-22(14)20-17(16)12-5-7-13(18)8-6-12/h3-11H,1-2H3/b11-9+. The fourth-order valence-corrected chi connectivity index (χ4v) is 2.37. The summed E-state index contributed by atoms with van der Waals surface area (Å²) in [5, 5.41) is 9.27. The molecule has 0 aliphatic rings. The number of halogens is 1. The molecular weight excluding hydrogens is 312 g/mol. The number of fused-ring (bicyclic) bond motifs is 1. The fraction of sp³-hybridized carbons (Fsp3) is 0.118. The normalized spacial score (nSPS) is 11.3. The summed E-state index contributed by atoms with van der Waals surface area (Å²) < 4.78 is 1.47. The van der Waals surface area contributed by atoms with Gasteiger partial charge in [0.05, 0.1) is 11.1 Å². The number of nitrogens with zero attached hydrogens (tertiary/aromatic N) is 4. The molecule has 0 fully saturated rings. The van der Waals surface area contributed by atoms with E-state index in [1.165, 1.54) is 10.7 Å². The molecule has 6 heteroatoms. The van der Waals surface area contributed by atoms with Crippen molar-refractivity contribution in [2.24, 2.45) is 0 Å². The molecular formula is C17H15ClN4O. The zero-order chi connectivity index (χ0) is 16.4. The highest BCUT2D eigenvalue weighted by molar-refractivity contribution is 6.30. The van der Waals surface area contributed by atoms with Crippen molar-refractivity contribution in [3.05, 3.63) is 65.5 Å². The number of hydrogen-bond acceptors (Lipinski definition) is 4. The minimum atomic E-state index is -0.119. The summed E-state index contributed by atoms with van der Waals surface area (Å²) in [5.74, 6) is -0.119. The number of allylic oxidation sites excluding steroid dienone is 1. The third-order valence-electron chi connectivity index (χ3n) is 3.31. The Morgan fingerprint density at radius 3 is 2.65 bits per heavy atom. The Labute approximate surface area is 138 Å². The number of carbonyl (C=O) groups excluding carboxylic acids is 1. The van der Waals surface area contributed by atoms with Crippen LogP contribution in [0.5, 0.6) is 0 Å². The summed E-state index contributed by atoms with van der Waals surface area (Å²) in [6, 6.07) is 10.9. The van der Waals surface area contributed by atoms with Crippen molar-refractivity contribution < 1.29 is 4.79 Å². The fourth-order valence-electron chi connectivity index (χ4n) is 2.25. The smallest absolute Gasteiger partial charge is 0.191 e. The van der Waals surface area contributed by atoms with Gasteiger partial charge in [-0.2, -0.15) is 9.73 Å². The average Bonchev–Trinajstić information content (AvgIpc) is 2.92. The SMILES string of the molecule is CN(C)/C=C/C(=O)c1c(-c2ccc(Cl)cc2)nn2ncccc12. The lowest BCUT2D eigenvalue weighted by Crippen LogP contribution is -2.03. The van der Waals surface area contributed by atoms with Gasteiger partial charge in [0, 0.05) is 43.2 Å². The molecule has 5 nitrogen and oxygen atoms in total. The molecule has 0 amide bonds. The van der Waals surface area contributed by atoms with Crippen LogP contribution in [0, 0.1) is 0 Å². The second-order valence-electron chi connectivity index (χ2n) is 5.27. The number of benzene rings is 1. The summed E-state index contributed by atoms with van der Waals surface area (Å²) in [6.07, 6.45) is 4.88. The first-order valence-electron chi connectivity index (χ1n) is 7.05. The Morgan fingerprint density at radius 1 is 1.22 bits per heavy atom. The molecule has 23 heavy (non-hydrogen) atoms. The van der Waals surface area contributed by atoms with Crippen LogP contribution in [0.4, 0.5) is 0 Å². The van der Waals surface area contributed by atoms with Crippen LogP contribution in [-0.4, -0.2) is 39.6 Å². The van der Waals surface area contributed by atoms with Crippen LogP contribution in [0.1, 0.15) is 10.4 Å². The number of ketones is 1. The Kier molecular flexibility index (Phi) is 4.12. The van der Waals surface area contributed by atoms with E-state index in [1.807, 2.05) is 37.2 Å². The number of rotatable bonds is 4. The number of aromatic nitrogens is 3. The third kappa shape index (κ3) is 3.10. The van der Waals surface area contributed by atoms with Gasteiger partial charge in [-0.1, -0.05) is 23.7 Å². The van der Waals surface area contributed by atoms with E-state index in [4.69, 9.17) is 11.6 Å². The minimum Gasteiger partial charge on any atom is -0.383 e. The lowest BCUT2D eigenvalue weighted by Gasteiger charge is -2.03. The zero-order valence-corrected chi connectivity index (χ0v) is 13.5. The maximum atomic E-state index is 12.7. The van der Waals surface area contributed by atoms with Crippen molar-refractivity contribution in [3.63, 3.8) is 0 Å². The summed E-state index contributed by atoms with van der Waals surface area (Å²) in [5.41, 5.74) is 2.61. The van der Waals surface area contributed by atoms with Crippen LogP contribution in [0.3, 0.4) is 0 Å². The lowest BCUT2D eigenvalue weighted by atomic mass is 10.0. The van der Waals surface area contributed by atoms with Crippen molar-refractivity contribution in [1.29, 1.82) is 0 Å². The van der Waals surface area contributed by atoms with Crippen LogP contribution in [-0.2, 0) is 0 Å². The first-order valence-corrected chi connectivity index (χ1v) is 7.43. The van der Waals surface area contributed by atoms with Gasteiger partial charge in [-0.3, -0.25) is 4.79 Å². The van der Waals surface area contributed by atoms with Crippen LogP contribution in [0.25, 0.3) is 16.8 Å². The van der Waals surface area contributed by atoms with Crippen LogP contribution in [0.2, 0.25) is 5.02 Å². The first-order chi connectivity index (χ1) is 11.1. The number of hydrogen-bond donors (Lipinski definition) is 0. The molecule has 2 heterocycles. The average molecular weight is 327 g/mol. The Balaban J connectivity index is 2.19. The quantitative estimate of drug-likeness (QED) is 0.545. The van der Waals surface area contributed by atoms with Crippen molar-refractivity contribution >= 4 is 22.9 Å². The van der Waals surface area contributed by atoms with Gasteiger partial charge in [0.1, 0.15) is 5.69 Å². The second kappa shape index (κ2) is 6.22. The molecule has 0 aliphatic carbocycles. The van der Waals surface area contributed by atoms with Gasteiger partial charge >= 0.3 is 0 Å². The topological polar surface area (TPSA) is 50.5 Å². The molecule has 2 aromatic heterocycles. The van der Waals surface area contributed by atoms with E-state index in [1.54, 1.807) is 30.6 Å². The predicted molar refractivity (Wildman–Crippen MR) is 90.6 cm³/mol. The van der Waals surface area contributed by atoms with E-state index in [9.17, 15) is 4.79 Å². The molecule has 0 aliphatic heterocycles. The van der Waals surface area contributed by atoms with E-state index in [2.05, 4.69) is 10.2 Å². The summed E-state index contributed by atoms with van der Waals surface area (Å²) in [4.78, 5) is 14.5. The molecule has 0 spiro atoms. The van der Waals surface area contributed by atoms with Crippen molar-refractivity contribution in [2.75, 3.05) is 14.1 Å². The molecule has 3 rings (SSSR count). The van der Waals surface area contributed by atoms with Gasteiger partial charge in [-0.25, -0.2) is 0 Å². The van der Waals surface area contributed by atoms with Gasteiger partial charge in [0.25, 0.3) is 0 Å². The largest absolute Gasteiger partial charge is 0.383 e. The molecule has 0 saturated carbocycles. The van der Waals surface area contributed by atoms with Gasteiger partial charge in [0.15, 0.2) is 5.78 Å². The third-order valence-corrected chi connectivity index (χ3v) is 3.56. The molecule has 3 aromatic rings. The van der Waals surface area contributed by atoms with Crippen LogP contribution in [0.15, 0.2) is 54.9 Å². The Bertz CT molecular complexity index is 881. The van der Waals surface area contributed by atoms with E-state index < -0.39 is 0 Å². The zero-order valence-electron chi connectivity index (χ0n) is 12.8. The van der Waals surface area contributed by atoms with E-state index in [0.717, 1.165) is 5.56 Å². The maximum Gasteiger partial charge on any atom is 0.191 e. The monoisotopic (exact) mass is 326 g/mol. The highest BCUT2D eigenvalue weighted by atomic mass is 35.5. The second-order valence-corrected chi connectivity index (χ2v) is 5.71. The molecule has 116 valence electrons. The van der Waals surface area contributed by atoms with Gasteiger partial charge in [0.2, 0.25) is 0 Å². The van der Waals surface area contributed by atoms with Gasteiger partial charge in [-0.05, 0) is 24.3 Å². The van der Waals surface area contributed by atoms with Crippen molar-refractivity contribution in [3.8, 4) is 11.3 Å². The molecule has 0 saturated heterocycles. The molecule has 1 aromatic carbocycles. The van der Waals surface area contributed by atoms with Crippen molar-refractivity contribution in [2.45, 2.75) is 0 Å². The Morgan fingerprint density at radius 2 is 1.96 bits per heavy atom. The predicted octanol–water partition coefficient (Wildman–Crippen LogP) is 3.31. The molecule has 0 N–H and O–H groups in total. The molecule has 0 atom stereocenters. The summed E-state index contributed by atoms with van der Waals surface area (Å²) in [7, 11) is 3.73. The maximum absolute atomic E-state index is 12.7. The Hall–Kier alpha value is -2.66. The lowest BCUT2D eigenvalue weighted by molar-refractivity contribution is 0.104. The van der Waals surface area contributed by atoms with E-state index >= 15 is 0 Å².